The van der Waals surface area contributed by atoms with Crippen LogP contribution in [0.25, 0.3) is 0 Å². The van der Waals surface area contributed by atoms with Crippen LogP contribution in [0.4, 0.5) is 11.4 Å². The molecule has 3 rings (SSSR count). The molecule has 0 aromatic heterocycles. The SMILES string of the molecule is CCN(CC)S(=O)(=O)c1cc2c(cc1C)NC(=O)c1ccc([N+](=O)[O-])cc1O2. The Bertz CT molecular complexity index is 1080. The van der Waals surface area contributed by atoms with Crippen molar-refractivity contribution in [2.45, 2.75) is 25.7 Å². The first kappa shape index (κ1) is 19.8. The van der Waals surface area contributed by atoms with Crippen molar-refractivity contribution in [2.24, 2.45) is 0 Å². The van der Waals surface area contributed by atoms with Crippen molar-refractivity contribution in [3.8, 4) is 11.5 Å². The molecule has 0 fully saturated rings. The molecule has 0 radical (unpaired) electrons. The van der Waals surface area contributed by atoms with Gasteiger partial charge in [-0.2, -0.15) is 4.31 Å². The van der Waals surface area contributed by atoms with Crippen LogP contribution < -0.4 is 10.1 Å². The Morgan fingerprint density at radius 1 is 1.14 bits per heavy atom. The predicted octanol–water partition coefficient (Wildman–Crippen LogP) is 3.29. The van der Waals surface area contributed by atoms with Gasteiger partial charge in [0.2, 0.25) is 10.0 Å². The number of non-ortho nitro benzene ring substituents is 1. The largest absolute Gasteiger partial charge is 0.454 e. The molecule has 2 aromatic carbocycles. The number of anilines is 1. The van der Waals surface area contributed by atoms with Gasteiger partial charge in [0.05, 0.1) is 27.1 Å². The van der Waals surface area contributed by atoms with Crippen molar-refractivity contribution in [2.75, 3.05) is 18.4 Å². The molecule has 10 heteroatoms. The van der Waals surface area contributed by atoms with Crippen LogP contribution in [0.2, 0.25) is 0 Å². The number of rotatable bonds is 5. The molecule has 148 valence electrons. The number of nitrogens with zero attached hydrogens (tertiary/aromatic N) is 2. The monoisotopic (exact) mass is 405 g/mol. The van der Waals surface area contributed by atoms with Crippen molar-refractivity contribution in [3.05, 3.63) is 51.6 Å². The van der Waals surface area contributed by atoms with Gasteiger partial charge >= 0.3 is 0 Å². The number of aryl methyl sites for hydroxylation is 1. The summed E-state index contributed by atoms with van der Waals surface area (Å²) in [5, 5.41) is 13.7. The number of ether oxygens (including phenoxy) is 1. The molecular formula is C18H19N3O6S. The Morgan fingerprint density at radius 2 is 1.82 bits per heavy atom. The number of nitro groups is 1. The van der Waals surface area contributed by atoms with Gasteiger partial charge in [0.1, 0.15) is 5.75 Å². The van der Waals surface area contributed by atoms with Crippen molar-refractivity contribution < 1.29 is 22.9 Å². The average molecular weight is 405 g/mol. The van der Waals surface area contributed by atoms with Crippen molar-refractivity contribution in [1.82, 2.24) is 4.31 Å². The zero-order chi connectivity index (χ0) is 20.6. The zero-order valence-corrected chi connectivity index (χ0v) is 16.4. The number of hydrogen-bond acceptors (Lipinski definition) is 6. The van der Waals surface area contributed by atoms with Crippen LogP contribution in [-0.2, 0) is 10.0 Å². The summed E-state index contributed by atoms with van der Waals surface area (Å²) in [6, 6.07) is 6.51. The number of hydrogen-bond donors (Lipinski definition) is 1. The zero-order valence-electron chi connectivity index (χ0n) is 15.6. The summed E-state index contributed by atoms with van der Waals surface area (Å²) in [4.78, 5) is 22.9. The fraction of sp³-hybridized carbons (Fsp3) is 0.278. The lowest BCUT2D eigenvalue weighted by Crippen LogP contribution is -2.31. The lowest BCUT2D eigenvalue weighted by molar-refractivity contribution is -0.384. The number of nitrogens with one attached hydrogen (secondary N) is 1. The van der Waals surface area contributed by atoms with Crippen LogP contribution >= 0.6 is 0 Å². The lowest BCUT2D eigenvalue weighted by Gasteiger charge is -2.21. The van der Waals surface area contributed by atoms with E-state index in [1.807, 2.05) is 0 Å². The van der Waals surface area contributed by atoms with E-state index in [9.17, 15) is 23.3 Å². The van der Waals surface area contributed by atoms with Crippen LogP contribution in [0.15, 0.2) is 35.2 Å². The number of sulfonamides is 1. The average Bonchev–Trinajstić information content (AvgIpc) is 2.76. The summed E-state index contributed by atoms with van der Waals surface area (Å²) in [5.74, 6) is -0.410. The van der Waals surface area contributed by atoms with E-state index in [1.165, 1.54) is 28.6 Å². The highest BCUT2D eigenvalue weighted by molar-refractivity contribution is 7.89. The highest BCUT2D eigenvalue weighted by Crippen LogP contribution is 2.40. The molecule has 0 unspecified atom stereocenters. The van der Waals surface area contributed by atoms with E-state index in [0.717, 1.165) is 6.07 Å². The number of amides is 1. The highest BCUT2D eigenvalue weighted by Gasteiger charge is 2.29. The molecule has 0 saturated carbocycles. The van der Waals surface area contributed by atoms with Crippen molar-refractivity contribution in [3.63, 3.8) is 0 Å². The molecule has 28 heavy (non-hydrogen) atoms. The van der Waals surface area contributed by atoms with Gasteiger partial charge in [-0.3, -0.25) is 14.9 Å². The number of fused-ring (bicyclic) bond motifs is 2. The normalized spacial score (nSPS) is 13.2. The van der Waals surface area contributed by atoms with Gasteiger partial charge < -0.3 is 10.1 Å². The minimum Gasteiger partial charge on any atom is -0.454 e. The first-order valence-corrected chi connectivity index (χ1v) is 10.1. The number of carbonyl (C=O) groups is 1. The maximum absolute atomic E-state index is 12.9. The smallest absolute Gasteiger partial charge is 0.273 e. The number of carbonyl (C=O) groups excluding carboxylic acids is 1. The topological polar surface area (TPSA) is 119 Å². The summed E-state index contributed by atoms with van der Waals surface area (Å²) in [5.41, 5.74) is 0.622. The van der Waals surface area contributed by atoms with Crippen LogP contribution in [0, 0.1) is 17.0 Å². The van der Waals surface area contributed by atoms with Gasteiger partial charge in [0.25, 0.3) is 11.6 Å². The lowest BCUT2D eigenvalue weighted by atomic mass is 10.1. The second-order valence-corrected chi connectivity index (χ2v) is 8.10. The number of benzene rings is 2. The first-order valence-electron chi connectivity index (χ1n) is 8.61. The Kier molecular flexibility index (Phi) is 5.09. The molecule has 1 aliphatic heterocycles. The summed E-state index contributed by atoms with van der Waals surface area (Å²) >= 11 is 0. The maximum Gasteiger partial charge on any atom is 0.273 e. The van der Waals surface area contributed by atoms with Crippen LogP contribution in [0.5, 0.6) is 11.5 Å². The third-order valence-corrected chi connectivity index (χ3v) is 6.68. The molecule has 0 saturated heterocycles. The fourth-order valence-electron chi connectivity index (χ4n) is 3.04. The Morgan fingerprint density at radius 3 is 2.43 bits per heavy atom. The molecular weight excluding hydrogens is 386 g/mol. The van der Waals surface area contributed by atoms with Crippen molar-refractivity contribution in [1.29, 1.82) is 0 Å². The molecule has 2 aromatic rings. The van der Waals surface area contributed by atoms with E-state index in [4.69, 9.17) is 4.74 Å². The fourth-order valence-corrected chi connectivity index (χ4v) is 4.72. The Balaban J connectivity index is 2.16. The Labute approximate surface area is 162 Å². The summed E-state index contributed by atoms with van der Waals surface area (Å²) in [6.07, 6.45) is 0. The molecule has 1 aliphatic rings. The molecule has 0 bridgehead atoms. The molecule has 0 aliphatic carbocycles. The molecule has 0 atom stereocenters. The third kappa shape index (κ3) is 3.32. The Hall–Kier alpha value is -2.98. The first-order chi connectivity index (χ1) is 13.2. The summed E-state index contributed by atoms with van der Waals surface area (Å²) in [7, 11) is -3.76. The quantitative estimate of drug-likeness (QED) is 0.602. The van der Waals surface area contributed by atoms with Crippen LogP contribution in [0.1, 0.15) is 29.8 Å². The third-order valence-electron chi connectivity index (χ3n) is 4.49. The molecule has 1 heterocycles. The van der Waals surface area contributed by atoms with E-state index in [-0.39, 0.29) is 27.6 Å². The summed E-state index contributed by atoms with van der Waals surface area (Å²) in [6.45, 7) is 5.73. The molecule has 0 spiro atoms. The highest BCUT2D eigenvalue weighted by atomic mass is 32.2. The molecule has 1 amide bonds. The predicted molar refractivity (Wildman–Crippen MR) is 102 cm³/mol. The standard InChI is InChI=1S/C18H19N3O6S/c1-4-20(5-2)28(25,26)17-10-16-14(8-11(17)3)19-18(22)13-7-6-12(21(23)24)9-15(13)27-16/h6-10H,4-5H2,1-3H3,(H,19,22). The molecule has 9 nitrogen and oxygen atoms in total. The minimum atomic E-state index is -3.76. The van der Waals surface area contributed by atoms with E-state index in [0.29, 0.717) is 24.3 Å². The maximum atomic E-state index is 12.9. The van der Waals surface area contributed by atoms with Gasteiger partial charge in [-0.05, 0) is 24.6 Å². The second kappa shape index (κ2) is 7.21. The summed E-state index contributed by atoms with van der Waals surface area (Å²) < 4.78 is 32.9. The van der Waals surface area contributed by atoms with Gasteiger partial charge in [-0.15, -0.1) is 0 Å². The van der Waals surface area contributed by atoms with Crippen molar-refractivity contribution >= 4 is 27.3 Å². The van der Waals surface area contributed by atoms with E-state index in [1.54, 1.807) is 20.8 Å². The van der Waals surface area contributed by atoms with E-state index < -0.39 is 20.9 Å². The van der Waals surface area contributed by atoms with E-state index in [2.05, 4.69) is 5.32 Å². The van der Waals surface area contributed by atoms with Crippen LogP contribution in [0.3, 0.4) is 0 Å². The van der Waals surface area contributed by atoms with Gasteiger partial charge in [-0.25, -0.2) is 8.42 Å². The van der Waals surface area contributed by atoms with Gasteiger partial charge in [0, 0.05) is 25.2 Å². The number of nitro benzene ring substituents is 1. The second-order valence-electron chi connectivity index (χ2n) is 6.20. The van der Waals surface area contributed by atoms with E-state index >= 15 is 0 Å². The van der Waals surface area contributed by atoms with Gasteiger partial charge in [0.15, 0.2) is 5.75 Å². The molecule has 1 N–H and O–H groups in total. The van der Waals surface area contributed by atoms with Gasteiger partial charge in [-0.1, -0.05) is 13.8 Å². The minimum absolute atomic E-state index is 0.0134. The van der Waals surface area contributed by atoms with Crippen LogP contribution in [-0.4, -0.2) is 36.6 Å².